The molecule has 1 N–H and O–H groups in total. The van der Waals surface area contributed by atoms with Gasteiger partial charge >= 0.3 is 0 Å². The normalized spacial score (nSPS) is 10.6. The Hall–Kier alpha value is -1.75. The van der Waals surface area contributed by atoms with E-state index in [0.29, 0.717) is 15.9 Å². The number of hydrogen-bond donors (Lipinski definition) is 1. The number of carbonyl (C=O) groups is 1. The number of amides is 1. The summed E-state index contributed by atoms with van der Waals surface area (Å²) in [7, 11) is 0. The minimum absolute atomic E-state index is 0.239. The lowest BCUT2D eigenvalue weighted by atomic mass is 10.4. The monoisotopic (exact) mass is 397 g/mol. The second kappa shape index (κ2) is 8.03. The van der Waals surface area contributed by atoms with Gasteiger partial charge in [0.1, 0.15) is 12.2 Å². The number of rotatable bonds is 5. The second-order valence-corrected chi connectivity index (χ2v) is 6.31. The lowest BCUT2D eigenvalue weighted by molar-refractivity contribution is -0.120. The van der Waals surface area contributed by atoms with Crippen molar-refractivity contribution in [2.45, 2.75) is 16.4 Å². The van der Waals surface area contributed by atoms with Gasteiger partial charge in [-0.3, -0.25) is 4.79 Å². The first-order valence-corrected chi connectivity index (χ1v) is 7.99. The maximum absolute atomic E-state index is 11.1. The quantitative estimate of drug-likeness (QED) is 0.604. The molecule has 1 aromatic heterocycles. The average Bonchev–Trinajstić information content (AvgIpc) is 2.82. The van der Waals surface area contributed by atoms with Gasteiger partial charge < -0.3 is 4.42 Å². The summed E-state index contributed by atoms with van der Waals surface area (Å²) in [5.74, 6) is 0.000677. The highest BCUT2D eigenvalue weighted by Gasteiger charge is 2.10. The van der Waals surface area contributed by atoms with Crippen molar-refractivity contribution in [1.29, 1.82) is 5.26 Å². The van der Waals surface area contributed by atoms with Crippen molar-refractivity contribution in [2.75, 3.05) is 0 Å². The molecule has 0 saturated heterocycles. The van der Waals surface area contributed by atoms with E-state index in [9.17, 15) is 4.79 Å². The molecule has 0 atom stereocenters. The zero-order valence-corrected chi connectivity index (χ0v) is 14.2. The Morgan fingerprint density at radius 1 is 1.50 bits per heavy atom. The highest BCUT2D eigenvalue weighted by atomic mass is 79.9. The van der Waals surface area contributed by atoms with E-state index in [1.54, 1.807) is 24.3 Å². The van der Waals surface area contributed by atoms with Gasteiger partial charge in [-0.1, -0.05) is 23.4 Å². The third kappa shape index (κ3) is 4.91. The fourth-order valence-electron chi connectivity index (χ4n) is 1.39. The van der Waals surface area contributed by atoms with Gasteiger partial charge in [-0.05, 0) is 40.2 Å². The fraction of sp³-hybridized carbons (Fsp3) is 0.0714. The van der Waals surface area contributed by atoms with Crippen LogP contribution in [-0.4, -0.2) is 12.1 Å². The molecule has 1 amide bonds. The van der Waals surface area contributed by atoms with Crippen LogP contribution in [-0.2, 0) is 4.79 Å². The van der Waals surface area contributed by atoms with Crippen LogP contribution in [0.3, 0.4) is 0 Å². The molecule has 1 aromatic carbocycles. The first-order chi connectivity index (χ1) is 10.6. The maximum atomic E-state index is 11.1. The van der Waals surface area contributed by atoms with Gasteiger partial charge in [0.25, 0.3) is 5.91 Å². The zero-order valence-electron chi connectivity index (χ0n) is 11.0. The lowest BCUT2D eigenvalue weighted by Gasteiger charge is -1.98. The van der Waals surface area contributed by atoms with Gasteiger partial charge in [0.2, 0.25) is 0 Å². The summed E-state index contributed by atoms with van der Waals surface area (Å²) >= 11 is 10.7. The van der Waals surface area contributed by atoms with E-state index < -0.39 is 5.91 Å². The highest BCUT2D eigenvalue weighted by molar-refractivity contribution is 9.10. The molecule has 0 saturated carbocycles. The third-order valence-corrected chi connectivity index (χ3v) is 4.42. The predicted octanol–water partition coefficient (Wildman–Crippen LogP) is 4.21. The molecule has 2 aromatic rings. The fourth-order valence-corrected chi connectivity index (χ4v) is 2.85. The van der Waals surface area contributed by atoms with E-state index in [1.807, 2.05) is 12.1 Å². The first kappa shape index (κ1) is 16.6. The number of nitrogens with zero attached hydrogens (tertiary/aromatic N) is 2. The number of benzene rings is 1. The number of hydrogen-bond acceptors (Lipinski definition) is 5. The average molecular weight is 399 g/mol. The molecule has 8 heteroatoms. The Morgan fingerprint density at radius 3 is 2.91 bits per heavy atom. The van der Waals surface area contributed by atoms with Crippen molar-refractivity contribution >= 4 is 51.4 Å². The molecule has 1 heterocycles. The number of nitrogens with one attached hydrogen (secondary N) is 1. The molecule has 112 valence electrons. The Kier molecular flexibility index (Phi) is 6.07. The molecule has 0 unspecified atom stereocenters. The van der Waals surface area contributed by atoms with Gasteiger partial charge in [0.05, 0.1) is 16.8 Å². The zero-order chi connectivity index (χ0) is 15.9. The number of halogens is 2. The number of furan rings is 1. The van der Waals surface area contributed by atoms with Crippen molar-refractivity contribution in [3.63, 3.8) is 0 Å². The van der Waals surface area contributed by atoms with Crippen LogP contribution >= 0.6 is 39.3 Å². The SMILES string of the molecule is N#CCC(=O)N/N=C\c1cc(Br)c(Sc2ccc(Cl)cc2)o1. The summed E-state index contributed by atoms with van der Waals surface area (Å²) in [6.07, 6.45) is 1.13. The molecule has 0 aliphatic rings. The van der Waals surface area contributed by atoms with Crippen LogP contribution in [0.15, 0.2) is 54.3 Å². The van der Waals surface area contributed by atoms with E-state index in [2.05, 4.69) is 26.5 Å². The molecule has 0 aliphatic carbocycles. The topological polar surface area (TPSA) is 78.4 Å². The standard InChI is InChI=1S/C14H9BrClN3O2S/c15-12-7-10(8-18-19-13(20)5-6-17)21-14(12)22-11-3-1-9(16)2-4-11/h1-4,7-8H,5H2,(H,19,20)/b18-8-. The molecular formula is C14H9BrClN3O2S. The van der Waals surface area contributed by atoms with Gasteiger partial charge in [0, 0.05) is 16.0 Å². The Labute approximate surface area is 144 Å². The summed E-state index contributed by atoms with van der Waals surface area (Å²) in [5.41, 5.74) is 2.23. The first-order valence-electron chi connectivity index (χ1n) is 6.00. The van der Waals surface area contributed by atoms with Gasteiger partial charge in [-0.2, -0.15) is 10.4 Å². The smallest absolute Gasteiger partial charge is 0.254 e. The Balaban J connectivity index is 2.02. The third-order valence-electron chi connectivity index (χ3n) is 2.32. The minimum Gasteiger partial charge on any atom is -0.447 e. The van der Waals surface area contributed by atoms with Crippen LogP contribution in [0, 0.1) is 11.3 Å². The molecule has 2 rings (SSSR count). The van der Waals surface area contributed by atoms with Crippen LogP contribution in [0.4, 0.5) is 0 Å². The molecule has 22 heavy (non-hydrogen) atoms. The van der Waals surface area contributed by atoms with Crippen molar-refractivity contribution < 1.29 is 9.21 Å². The second-order valence-electron chi connectivity index (χ2n) is 3.97. The largest absolute Gasteiger partial charge is 0.447 e. The number of nitriles is 1. The minimum atomic E-state index is -0.472. The van der Waals surface area contributed by atoms with Crippen molar-refractivity contribution in [1.82, 2.24) is 5.43 Å². The summed E-state index contributed by atoms with van der Waals surface area (Å²) < 4.78 is 6.38. The van der Waals surface area contributed by atoms with E-state index in [4.69, 9.17) is 21.3 Å². The van der Waals surface area contributed by atoms with E-state index in [1.165, 1.54) is 18.0 Å². The molecular weight excluding hydrogens is 390 g/mol. The number of hydrazone groups is 1. The van der Waals surface area contributed by atoms with Crippen LogP contribution < -0.4 is 5.43 Å². The Bertz CT molecular complexity index is 738. The summed E-state index contributed by atoms with van der Waals surface area (Å²) in [5, 5.41) is 13.4. The maximum Gasteiger partial charge on any atom is 0.254 e. The van der Waals surface area contributed by atoms with Crippen molar-refractivity contribution in [2.24, 2.45) is 5.10 Å². The molecule has 0 fully saturated rings. The number of carbonyl (C=O) groups excluding carboxylic acids is 1. The predicted molar refractivity (Wildman–Crippen MR) is 87.9 cm³/mol. The summed E-state index contributed by atoms with van der Waals surface area (Å²) in [6.45, 7) is 0. The van der Waals surface area contributed by atoms with E-state index in [-0.39, 0.29) is 6.42 Å². The Morgan fingerprint density at radius 2 is 2.23 bits per heavy atom. The van der Waals surface area contributed by atoms with Gasteiger partial charge in [0.15, 0.2) is 5.09 Å². The van der Waals surface area contributed by atoms with Crippen LogP contribution in [0.5, 0.6) is 0 Å². The molecule has 0 bridgehead atoms. The van der Waals surface area contributed by atoms with E-state index >= 15 is 0 Å². The van der Waals surface area contributed by atoms with Crippen molar-refractivity contribution in [3.8, 4) is 6.07 Å². The van der Waals surface area contributed by atoms with Crippen LogP contribution in [0.2, 0.25) is 5.02 Å². The molecule has 0 spiro atoms. The van der Waals surface area contributed by atoms with Crippen LogP contribution in [0.1, 0.15) is 12.2 Å². The van der Waals surface area contributed by atoms with Gasteiger partial charge in [-0.15, -0.1) is 0 Å². The van der Waals surface area contributed by atoms with Crippen LogP contribution in [0.25, 0.3) is 0 Å². The summed E-state index contributed by atoms with van der Waals surface area (Å²) in [4.78, 5) is 12.0. The highest BCUT2D eigenvalue weighted by Crippen LogP contribution is 2.35. The summed E-state index contributed by atoms with van der Waals surface area (Å²) in [6, 6.07) is 10.8. The lowest BCUT2D eigenvalue weighted by Crippen LogP contribution is -2.15. The van der Waals surface area contributed by atoms with Crippen molar-refractivity contribution in [3.05, 3.63) is 45.6 Å². The molecule has 0 radical (unpaired) electrons. The van der Waals surface area contributed by atoms with Gasteiger partial charge in [-0.25, -0.2) is 5.43 Å². The molecule has 0 aliphatic heterocycles. The van der Waals surface area contributed by atoms with E-state index in [0.717, 1.165) is 9.37 Å². The molecule has 5 nitrogen and oxygen atoms in total.